The van der Waals surface area contributed by atoms with Crippen molar-refractivity contribution in [3.8, 4) is 0 Å². The summed E-state index contributed by atoms with van der Waals surface area (Å²) in [5.41, 5.74) is 1.63. The Kier molecular flexibility index (Phi) is 7.89. The number of carbonyl (C=O) groups is 3. The lowest BCUT2D eigenvalue weighted by molar-refractivity contribution is -0.192. The van der Waals surface area contributed by atoms with E-state index >= 15 is 0 Å². The molecule has 36 heavy (non-hydrogen) atoms. The van der Waals surface area contributed by atoms with Crippen LogP contribution in [0.25, 0.3) is 0 Å². The van der Waals surface area contributed by atoms with E-state index in [0.717, 1.165) is 57.7 Å². The van der Waals surface area contributed by atoms with Gasteiger partial charge in [0.15, 0.2) is 0 Å². The molecule has 198 valence electrons. The maximum absolute atomic E-state index is 13.1. The maximum Gasteiger partial charge on any atom is 0.490 e. The first-order chi connectivity index (χ1) is 17.1. The molecule has 3 saturated heterocycles. The number of piperidine rings is 1. The summed E-state index contributed by atoms with van der Waals surface area (Å²) >= 11 is 0. The van der Waals surface area contributed by atoms with Crippen LogP contribution >= 0.6 is 0 Å². The zero-order chi connectivity index (χ0) is 25.9. The quantitative estimate of drug-likeness (QED) is 0.628. The van der Waals surface area contributed by atoms with Gasteiger partial charge in [-0.05, 0) is 69.2 Å². The number of hydrogen-bond acceptors (Lipinski definition) is 5. The van der Waals surface area contributed by atoms with Gasteiger partial charge in [-0.3, -0.25) is 14.5 Å². The molecular formula is C25H32F3N3O5. The van der Waals surface area contributed by atoms with E-state index in [0.29, 0.717) is 11.7 Å². The van der Waals surface area contributed by atoms with Gasteiger partial charge in [0.25, 0.3) is 5.91 Å². The molecular weight excluding hydrogens is 479 g/mol. The number of hydrogen-bond donors (Lipinski definition) is 2. The number of anilines is 1. The number of alkyl halides is 3. The molecule has 1 aromatic carbocycles. The number of rotatable bonds is 5. The van der Waals surface area contributed by atoms with Crippen molar-refractivity contribution in [3.63, 3.8) is 0 Å². The van der Waals surface area contributed by atoms with Gasteiger partial charge < -0.3 is 20.1 Å². The molecule has 4 fully saturated rings. The van der Waals surface area contributed by atoms with E-state index in [4.69, 9.17) is 14.6 Å². The Balaban J connectivity index is 0.000000384. The van der Waals surface area contributed by atoms with E-state index in [9.17, 15) is 22.8 Å². The van der Waals surface area contributed by atoms with Gasteiger partial charge in [0.05, 0.1) is 6.10 Å². The Morgan fingerprint density at radius 1 is 1.06 bits per heavy atom. The molecule has 0 aromatic heterocycles. The summed E-state index contributed by atoms with van der Waals surface area (Å²) in [5.74, 6) is -2.38. The largest absolute Gasteiger partial charge is 0.490 e. The lowest BCUT2D eigenvalue weighted by atomic mass is 9.77. The number of carboxylic acids is 1. The van der Waals surface area contributed by atoms with E-state index < -0.39 is 12.1 Å². The first-order valence-corrected chi connectivity index (χ1v) is 12.4. The van der Waals surface area contributed by atoms with Gasteiger partial charge in [-0.25, -0.2) is 4.79 Å². The van der Waals surface area contributed by atoms with Gasteiger partial charge in [0, 0.05) is 55.5 Å². The van der Waals surface area contributed by atoms with E-state index in [2.05, 4.69) is 10.2 Å². The van der Waals surface area contributed by atoms with Crippen molar-refractivity contribution in [2.24, 2.45) is 5.92 Å². The number of aliphatic carboxylic acids is 1. The van der Waals surface area contributed by atoms with Crippen LogP contribution in [0.15, 0.2) is 24.3 Å². The summed E-state index contributed by atoms with van der Waals surface area (Å²) in [7, 11) is 0. The summed E-state index contributed by atoms with van der Waals surface area (Å²) < 4.78 is 37.6. The molecule has 3 aliphatic heterocycles. The van der Waals surface area contributed by atoms with Gasteiger partial charge >= 0.3 is 12.1 Å². The normalized spacial score (nSPS) is 26.1. The number of halogens is 3. The van der Waals surface area contributed by atoms with Crippen LogP contribution < -0.4 is 5.32 Å². The second kappa shape index (κ2) is 10.8. The van der Waals surface area contributed by atoms with Gasteiger partial charge in [-0.15, -0.1) is 0 Å². The zero-order valence-corrected chi connectivity index (χ0v) is 20.1. The summed E-state index contributed by atoms with van der Waals surface area (Å²) in [6.07, 6.45) is 3.02. The molecule has 3 heterocycles. The topological polar surface area (TPSA) is 99.2 Å². The van der Waals surface area contributed by atoms with Crippen molar-refractivity contribution in [1.29, 1.82) is 0 Å². The number of carboxylic acid groups (broad SMARTS) is 1. The number of ether oxygens (including phenoxy) is 1. The van der Waals surface area contributed by atoms with Crippen molar-refractivity contribution in [1.82, 2.24) is 9.80 Å². The third-order valence-electron chi connectivity index (χ3n) is 7.40. The lowest BCUT2D eigenvalue weighted by Crippen LogP contribution is -2.68. The highest BCUT2D eigenvalue weighted by molar-refractivity contribution is 5.97. The van der Waals surface area contributed by atoms with E-state index in [1.165, 1.54) is 25.7 Å². The van der Waals surface area contributed by atoms with Crippen LogP contribution in [0.2, 0.25) is 0 Å². The highest BCUT2D eigenvalue weighted by Gasteiger charge is 2.48. The van der Waals surface area contributed by atoms with E-state index in [1.807, 2.05) is 29.2 Å². The van der Waals surface area contributed by atoms with E-state index in [-0.39, 0.29) is 23.3 Å². The van der Waals surface area contributed by atoms with Crippen molar-refractivity contribution in [3.05, 3.63) is 29.8 Å². The Morgan fingerprint density at radius 3 is 2.28 bits per heavy atom. The Bertz CT molecular complexity index is 961. The third-order valence-corrected chi connectivity index (χ3v) is 7.40. The molecule has 1 aliphatic carbocycles. The van der Waals surface area contributed by atoms with Crippen LogP contribution in [-0.4, -0.2) is 83.3 Å². The minimum atomic E-state index is -5.08. The Hall–Kier alpha value is -2.66. The van der Waals surface area contributed by atoms with Crippen molar-refractivity contribution in [2.45, 2.75) is 62.8 Å². The van der Waals surface area contributed by atoms with Crippen LogP contribution in [0.3, 0.4) is 0 Å². The molecule has 8 nitrogen and oxygen atoms in total. The fourth-order valence-electron chi connectivity index (χ4n) is 5.12. The predicted molar refractivity (Wildman–Crippen MR) is 125 cm³/mol. The molecule has 1 saturated carbocycles. The molecule has 0 radical (unpaired) electrons. The monoisotopic (exact) mass is 511 g/mol. The van der Waals surface area contributed by atoms with E-state index in [1.54, 1.807) is 0 Å². The lowest BCUT2D eigenvalue weighted by Gasteiger charge is -2.57. The number of nitrogens with one attached hydrogen (secondary N) is 1. The van der Waals surface area contributed by atoms with Crippen LogP contribution in [0, 0.1) is 5.92 Å². The second-order valence-electron chi connectivity index (χ2n) is 10.0. The first-order valence-electron chi connectivity index (χ1n) is 12.4. The van der Waals surface area contributed by atoms with Crippen molar-refractivity contribution < 1.29 is 37.4 Å². The van der Waals surface area contributed by atoms with Crippen molar-refractivity contribution in [2.75, 3.05) is 38.1 Å². The number of amides is 2. The Morgan fingerprint density at radius 2 is 1.75 bits per heavy atom. The number of benzene rings is 1. The standard InChI is InChI=1S/C23H31N3O3.C2HF3O2/c27-21(17-4-5-17)24-19-8-6-18(7-9-19)22(28)25-12-2-10-23(16-25)11-13-26(23)15-20-3-1-14-29-20;3-2(4,5)1(6)7/h6-9,17,20H,1-5,10-16H2,(H,24,27);(H,6,7). The fraction of sp³-hybridized carbons (Fsp3) is 0.640. The molecule has 11 heteroatoms. The minimum Gasteiger partial charge on any atom is -0.475 e. The predicted octanol–water partition coefficient (Wildman–Crippen LogP) is 3.53. The molecule has 2 atom stereocenters. The zero-order valence-electron chi connectivity index (χ0n) is 20.1. The summed E-state index contributed by atoms with van der Waals surface area (Å²) in [6, 6.07) is 7.38. The number of nitrogens with zero attached hydrogens (tertiary/aromatic N) is 2. The van der Waals surface area contributed by atoms with Gasteiger partial charge in [0.1, 0.15) is 0 Å². The molecule has 5 rings (SSSR count). The van der Waals surface area contributed by atoms with Crippen LogP contribution in [0.4, 0.5) is 18.9 Å². The highest BCUT2D eigenvalue weighted by Crippen LogP contribution is 2.39. The van der Waals surface area contributed by atoms with Gasteiger partial charge in [-0.1, -0.05) is 0 Å². The van der Waals surface area contributed by atoms with Crippen LogP contribution in [0.5, 0.6) is 0 Å². The fourth-order valence-corrected chi connectivity index (χ4v) is 5.12. The smallest absolute Gasteiger partial charge is 0.475 e. The highest BCUT2D eigenvalue weighted by atomic mass is 19.4. The van der Waals surface area contributed by atoms with Crippen LogP contribution in [0.1, 0.15) is 55.3 Å². The summed E-state index contributed by atoms with van der Waals surface area (Å²) in [6.45, 7) is 4.68. The van der Waals surface area contributed by atoms with Crippen molar-refractivity contribution >= 4 is 23.5 Å². The average Bonchev–Trinajstić information content (AvgIpc) is 3.58. The molecule has 4 aliphatic rings. The molecule has 1 aromatic rings. The molecule has 1 spiro atoms. The Labute approximate surface area is 207 Å². The minimum absolute atomic E-state index is 0.0957. The SMILES string of the molecule is O=C(Nc1ccc(C(=O)N2CCCC3(CCN3CC3CCCO3)C2)cc1)C1CC1.O=C(O)C(F)(F)F. The first kappa shape index (κ1) is 26.4. The van der Waals surface area contributed by atoms with Gasteiger partial charge in [-0.2, -0.15) is 13.2 Å². The number of likely N-dealkylation sites (tertiary alicyclic amines) is 2. The molecule has 2 N–H and O–H groups in total. The summed E-state index contributed by atoms with van der Waals surface area (Å²) in [4.78, 5) is 38.5. The molecule has 2 amide bonds. The molecule has 2 unspecified atom stereocenters. The summed E-state index contributed by atoms with van der Waals surface area (Å²) in [5, 5.41) is 10.1. The van der Waals surface area contributed by atoms with Crippen LogP contribution in [-0.2, 0) is 14.3 Å². The number of carbonyl (C=O) groups excluding carboxylic acids is 2. The van der Waals surface area contributed by atoms with Gasteiger partial charge in [0.2, 0.25) is 5.91 Å². The molecule has 0 bridgehead atoms. The third kappa shape index (κ3) is 6.36. The average molecular weight is 512 g/mol. The second-order valence-corrected chi connectivity index (χ2v) is 10.0. The maximum atomic E-state index is 13.1.